The Balaban J connectivity index is 2.85. The van der Waals surface area contributed by atoms with Crippen molar-refractivity contribution in [3.63, 3.8) is 0 Å². The van der Waals surface area contributed by atoms with Crippen molar-refractivity contribution in [3.05, 3.63) is 18.9 Å². The molecule has 0 aliphatic carbocycles. The van der Waals surface area contributed by atoms with Crippen molar-refractivity contribution in [1.82, 2.24) is 0 Å². The molecule has 5 heavy (non-hydrogen) atoms. The van der Waals surface area contributed by atoms with E-state index < -0.39 is 0 Å². The Labute approximate surface area is 30.9 Å². The summed E-state index contributed by atoms with van der Waals surface area (Å²) in [6.07, 6.45) is 0. The van der Waals surface area contributed by atoms with Gasteiger partial charge in [0.15, 0.2) is 0 Å². The summed E-state index contributed by atoms with van der Waals surface area (Å²) in [4.78, 5) is 0. The van der Waals surface area contributed by atoms with E-state index in [9.17, 15) is 0 Å². The zero-order valence-electron chi connectivity index (χ0n) is 2.81. The van der Waals surface area contributed by atoms with Gasteiger partial charge < -0.3 is 10.8 Å². The lowest BCUT2D eigenvalue weighted by molar-refractivity contribution is 0.423. The minimum atomic E-state index is -0.0926. The third kappa shape index (κ3) is 3.50. The lowest BCUT2D eigenvalue weighted by Crippen LogP contribution is -1.90. The van der Waals surface area contributed by atoms with E-state index in [1.54, 1.807) is 0 Å². The van der Waals surface area contributed by atoms with Gasteiger partial charge in [0.2, 0.25) is 0 Å². The minimum Gasteiger partial charge on any atom is -0.511 e. The van der Waals surface area contributed by atoms with Crippen LogP contribution in [0.3, 0.4) is 0 Å². The van der Waals surface area contributed by atoms with Crippen molar-refractivity contribution in [1.29, 1.82) is 0 Å². The third-order valence-electron chi connectivity index (χ3n) is 0.192. The summed E-state index contributed by atoms with van der Waals surface area (Å²) in [5.74, 6) is -0.0926. The molecule has 0 amide bonds. The van der Waals surface area contributed by atoms with Crippen molar-refractivity contribution in [3.8, 4) is 0 Å². The average molecular weight is 72.1 g/mol. The molecule has 2 heteroatoms. The maximum absolute atomic E-state index is 7.99. The van der Waals surface area contributed by atoms with Gasteiger partial charge in [0, 0.05) is 0 Å². The van der Waals surface area contributed by atoms with E-state index in [1.165, 1.54) is 0 Å². The molecule has 0 saturated carbocycles. The highest BCUT2D eigenvalue weighted by molar-refractivity contribution is 4.90. The van der Waals surface area contributed by atoms with Crippen LogP contribution in [0.4, 0.5) is 0 Å². The second kappa shape index (κ2) is 1.79. The van der Waals surface area contributed by atoms with Crippen LogP contribution in [0.25, 0.3) is 0 Å². The highest BCUT2D eigenvalue weighted by Gasteiger charge is 1.72. The van der Waals surface area contributed by atoms with Crippen molar-refractivity contribution in [2.45, 2.75) is 0 Å². The van der Waals surface area contributed by atoms with Gasteiger partial charge in [-0.15, -0.1) is 0 Å². The Morgan fingerprint density at radius 3 is 2.20 bits per heavy atom. The molecule has 0 aromatic carbocycles. The SMILES string of the molecule is C=C(O)[CH]N. The van der Waals surface area contributed by atoms with Gasteiger partial charge in [-0.05, 0) is 0 Å². The number of nitrogens with two attached hydrogens (primary N) is 1. The quantitative estimate of drug-likeness (QED) is 0.434. The fourth-order valence-electron chi connectivity index (χ4n) is 0. The molecule has 0 spiro atoms. The highest BCUT2D eigenvalue weighted by Crippen LogP contribution is 1.74. The van der Waals surface area contributed by atoms with Crippen LogP contribution in [0.5, 0.6) is 0 Å². The van der Waals surface area contributed by atoms with Crippen LogP contribution in [0, 0.1) is 6.54 Å². The highest BCUT2D eigenvalue weighted by atomic mass is 16.3. The number of hydrogen-bond acceptors (Lipinski definition) is 2. The summed E-state index contributed by atoms with van der Waals surface area (Å²) < 4.78 is 0. The fourth-order valence-corrected chi connectivity index (χ4v) is 0. The van der Waals surface area contributed by atoms with Gasteiger partial charge in [-0.2, -0.15) is 0 Å². The van der Waals surface area contributed by atoms with Crippen molar-refractivity contribution < 1.29 is 5.11 Å². The van der Waals surface area contributed by atoms with Gasteiger partial charge in [-0.3, -0.25) is 0 Å². The van der Waals surface area contributed by atoms with Gasteiger partial charge in [0.05, 0.1) is 6.54 Å². The van der Waals surface area contributed by atoms with Crippen molar-refractivity contribution in [2.75, 3.05) is 0 Å². The average Bonchev–Trinajstić information content (AvgIpc) is 1.38. The first-order valence-corrected chi connectivity index (χ1v) is 1.20. The maximum Gasteiger partial charge on any atom is 0.104 e. The molecule has 0 aliphatic rings. The monoisotopic (exact) mass is 72.0 g/mol. The molecule has 29 valence electrons. The van der Waals surface area contributed by atoms with Gasteiger partial charge in [0.25, 0.3) is 0 Å². The Hall–Kier alpha value is -0.500. The predicted octanol–water partition coefficient (Wildman–Crippen LogP) is 0.179. The van der Waals surface area contributed by atoms with E-state index in [0.29, 0.717) is 0 Å². The smallest absolute Gasteiger partial charge is 0.104 e. The van der Waals surface area contributed by atoms with E-state index in [0.717, 1.165) is 6.54 Å². The number of aliphatic hydroxyl groups excluding tert-OH is 1. The maximum atomic E-state index is 7.99. The lowest BCUT2D eigenvalue weighted by Gasteiger charge is -1.79. The molecule has 3 N–H and O–H groups in total. The van der Waals surface area contributed by atoms with E-state index in [2.05, 4.69) is 6.58 Å². The minimum absolute atomic E-state index is 0.0926. The second-order valence-electron chi connectivity index (χ2n) is 0.658. The molecule has 0 fully saturated rings. The molecule has 0 aromatic rings. The first kappa shape index (κ1) is 4.50. The summed E-state index contributed by atoms with van der Waals surface area (Å²) in [5, 5.41) is 7.99. The van der Waals surface area contributed by atoms with Crippen LogP contribution < -0.4 is 5.73 Å². The molecule has 0 aromatic heterocycles. The first-order chi connectivity index (χ1) is 2.27. The predicted molar refractivity (Wildman–Crippen MR) is 20.3 cm³/mol. The number of hydrogen-bond donors (Lipinski definition) is 2. The molecule has 0 unspecified atom stereocenters. The Morgan fingerprint density at radius 2 is 2.20 bits per heavy atom. The molecule has 0 saturated heterocycles. The van der Waals surface area contributed by atoms with E-state index in [-0.39, 0.29) is 5.76 Å². The Kier molecular flexibility index (Phi) is 1.61. The molecular formula is C3H6NO. The Morgan fingerprint density at radius 1 is 2.00 bits per heavy atom. The van der Waals surface area contributed by atoms with Gasteiger partial charge >= 0.3 is 0 Å². The molecule has 0 bridgehead atoms. The summed E-state index contributed by atoms with van der Waals surface area (Å²) >= 11 is 0. The normalized spacial score (nSPS) is 7.40. The molecule has 2 nitrogen and oxygen atoms in total. The molecule has 0 rings (SSSR count). The summed E-state index contributed by atoms with van der Waals surface area (Å²) in [6, 6.07) is 0. The van der Waals surface area contributed by atoms with E-state index in [4.69, 9.17) is 10.8 Å². The first-order valence-electron chi connectivity index (χ1n) is 1.20. The zero-order valence-corrected chi connectivity index (χ0v) is 2.81. The number of aliphatic hydroxyl groups is 1. The fraction of sp³-hybridized carbons (Fsp3) is 0. The van der Waals surface area contributed by atoms with Crippen LogP contribution in [0.15, 0.2) is 12.3 Å². The lowest BCUT2D eigenvalue weighted by atomic mass is 10.6. The third-order valence-corrected chi connectivity index (χ3v) is 0.192. The largest absolute Gasteiger partial charge is 0.511 e. The zero-order chi connectivity index (χ0) is 4.28. The second-order valence-corrected chi connectivity index (χ2v) is 0.658. The summed E-state index contributed by atoms with van der Waals surface area (Å²) in [7, 11) is 0. The van der Waals surface area contributed by atoms with Gasteiger partial charge in [-0.25, -0.2) is 0 Å². The topological polar surface area (TPSA) is 46.2 Å². The Bertz CT molecular complexity index is 42.2. The van der Waals surface area contributed by atoms with Crippen LogP contribution >= 0.6 is 0 Å². The van der Waals surface area contributed by atoms with Crippen LogP contribution in [-0.4, -0.2) is 5.11 Å². The summed E-state index contributed by atoms with van der Waals surface area (Å²) in [6.45, 7) is 4.08. The van der Waals surface area contributed by atoms with Gasteiger partial charge in [0.1, 0.15) is 5.76 Å². The molecule has 0 aliphatic heterocycles. The van der Waals surface area contributed by atoms with Crippen LogP contribution in [0.2, 0.25) is 0 Å². The van der Waals surface area contributed by atoms with E-state index in [1.807, 2.05) is 0 Å². The molecule has 0 atom stereocenters. The molecule has 0 heterocycles. The van der Waals surface area contributed by atoms with Crippen LogP contribution in [0.1, 0.15) is 0 Å². The summed E-state index contributed by atoms with van der Waals surface area (Å²) in [5.41, 5.74) is 4.70. The number of rotatable bonds is 1. The molecular weight excluding hydrogens is 66.0 g/mol. The van der Waals surface area contributed by atoms with Crippen molar-refractivity contribution in [2.24, 2.45) is 5.73 Å². The van der Waals surface area contributed by atoms with E-state index >= 15 is 0 Å². The van der Waals surface area contributed by atoms with Gasteiger partial charge in [-0.1, -0.05) is 6.58 Å². The van der Waals surface area contributed by atoms with Crippen molar-refractivity contribution >= 4 is 0 Å². The standard InChI is InChI=1S/C3H6NO/c1-3(5)2-4/h2,5H,1,4H2. The molecule has 1 radical (unpaired) electrons. The van der Waals surface area contributed by atoms with Crippen LogP contribution in [-0.2, 0) is 0 Å².